The zero-order valence-corrected chi connectivity index (χ0v) is 14.0. The highest BCUT2D eigenvalue weighted by Crippen LogP contribution is 2.27. The summed E-state index contributed by atoms with van der Waals surface area (Å²) in [4.78, 5) is 12.3. The minimum atomic E-state index is -0.444. The summed E-state index contributed by atoms with van der Waals surface area (Å²) in [5, 5.41) is 6.31. The highest BCUT2D eigenvalue weighted by atomic mass is 127. The lowest BCUT2D eigenvalue weighted by Gasteiger charge is -2.33. The Kier molecular flexibility index (Phi) is 4.66. The summed E-state index contributed by atoms with van der Waals surface area (Å²) in [6.07, 6.45) is 3.14. The van der Waals surface area contributed by atoms with Crippen LogP contribution in [-0.2, 0) is 4.79 Å². The van der Waals surface area contributed by atoms with Gasteiger partial charge in [0, 0.05) is 8.04 Å². The Labute approximate surface area is 129 Å². The molecule has 1 aromatic carbocycles. The summed E-state index contributed by atoms with van der Waals surface area (Å²) in [5.74, 6) is 0.0455. The van der Waals surface area contributed by atoms with Crippen molar-refractivity contribution < 1.29 is 4.79 Å². The molecule has 0 bridgehead atoms. The lowest BCUT2D eigenvalue weighted by Crippen LogP contribution is -2.54. The Bertz CT molecular complexity index is 458. The molecule has 98 valence electrons. The van der Waals surface area contributed by atoms with E-state index in [0.29, 0.717) is 0 Å². The van der Waals surface area contributed by atoms with Crippen LogP contribution in [0.15, 0.2) is 22.7 Å². The molecule has 1 aliphatic rings. The third-order valence-electron chi connectivity index (χ3n) is 3.30. The molecule has 3 nitrogen and oxygen atoms in total. The summed E-state index contributed by atoms with van der Waals surface area (Å²) in [7, 11) is 0. The monoisotopic (exact) mass is 422 g/mol. The molecular formula is C13H16BrIN2O. The average Bonchev–Trinajstić information content (AvgIpc) is 2.33. The number of nitrogens with one attached hydrogen (secondary N) is 2. The largest absolute Gasteiger partial charge is 0.323 e. The van der Waals surface area contributed by atoms with Crippen molar-refractivity contribution in [2.75, 3.05) is 11.9 Å². The maximum Gasteiger partial charge on any atom is 0.244 e. The zero-order valence-electron chi connectivity index (χ0n) is 10.2. The summed E-state index contributed by atoms with van der Waals surface area (Å²) in [6.45, 7) is 2.89. The summed E-state index contributed by atoms with van der Waals surface area (Å²) < 4.78 is 2.06. The van der Waals surface area contributed by atoms with Crippen molar-refractivity contribution >= 4 is 50.1 Å². The van der Waals surface area contributed by atoms with Crippen molar-refractivity contribution in [1.82, 2.24) is 5.32 Å². The average molecular weight is 423 g/mol. The Morgan fingerprint density at radius 1 is 1.50 bits per heavy atom. The molecule has 2 rings (SSSR count). The number of hydrogen-bond acceptors (Lipinski definition) is 2. The molecule has 0 aromatic heterocycles. The van der Waals surface area contributed by atoms with Crippen LogP contribution in [0.5, 0.6) is 0 Å². The van der Waals surface area contributed by atoms with Gasteiger partial charge in [0.1, 0.15) is 0 Å². The number of halogens is 2. The first-order valence-corrected chi connectivity index (χ1v) is 7.90. The fourth-order valence-corrected chi connectivity index (χ4v) is 3.50. The summed E-state index contributed by atoms with van der Waals surface area (Å²) >= 11 is 5.72. The van der Waals surface area contributed by atoms with Crippen LogP contribution >= 0.6 is 38.5 Å². The number of anilines is 1. The molecule has 2 N–H and O–H groups in total. The summed E-state index contributed by atoms with van der Waals surface area (Å²) in [5.41, 5.74) is 0.384. The molecule has 1 amide bonds. The Balaban J connectivity index is 2.11. The van der Waals surface area contributed by atoms with Gasteiger partial charge >= 0.3 is 0 Å². The van der Waals surface area contributed by atoms with Crippen LogP contribution in [0.4, 0.5) is 5.69 Å². The van der Waals surface area contributed by atoms with Crippen LogP contribution in [-0.4, -0.2) is 18.0 Å². The first kappa shape index (κ1) is 14.3. The maximum atomic E-state index is 12.3. The van der Waals surface area contributed by atoms with Gasteiger partial charge in [0.15, 0.2) is 0 Å². The second-order valence-electron chi connectivity index (χ2n) is 4.79. The van der Waals surface area contributed by atoms with Crippen molar-refractivity contribution in [2.24, 2.45) is 0 Å². The summed E-state index contributed by atoms with van der Waals surface area (Å²) in [6, 6.07) is 5.90. The van der Waals surface area contributed by atoms with E-state index in [0.717, 1.165) is 39.5 Å². The van der Waals surface area contributed by atoms with E-state index >= 15 is 0 Å². The van der Waals surface area contributed by atoms with Crippen LogP contribution < -0.4 is 10.6 Å². The molecule has 0 aliphatic carbocycles. The van der Waals surface area contributed by atoms with Crippen molar-refractivity contribution in [3.05, 3.63) is 26.2 Å². The van der Waals surface area contributed by atoms with Crippen molar-refractivity contribution in [3.8, 4) is 0 Å². The van der Waals surface area contributed by atoms with Crippen LogP contribution in [0.3, 0.4) is 0 Å². The number of carbonyl (C=O) groups excluding carboxylic acids is 1. The van der Waals surface area contributed by atoms with E-state index in [1.165, 1.54) is 0 Å². The van der Waals surface area contributed by atoms with Gasteiger partial charge in [-0.25, -0.2) is 0 Å². The molecule has 1 fully saturated rings. The highest BCUT2D eigenvalue weighted by molar-refractivity contribution is 14.1. The van der Waals surface area contributed by atoms with E-state index in [9.17, 15) is 4.79 Å². The van der Waals surface area contributed by atoms with E-state index < -0.39 is 5.54 Å². The van der Waals surface area contributed by atoms with Gasteiger partial charge in [0.25, 0.3) is 0 Å². The molecule has 1 aliphatic heterocycles. The number of amides is 1. The molecule has 0 spiro atoms. The van der Waals surface area contributed by atoms with Crippen LogP contribution in [0.2, 0.25) is 0 Å². The van der Waals surface area contributed by atoms with Crippen LogP contribution in [0.25, 0.3) is 0 Å². The molecule has 1 heterocycles. The topological polar surface area (TPSA) is 41.1 Å². The lowest BCUT2D eigenvalue weighted by atomic mass is 9.90. The smallest absolute Gasteiger partial charge is 0.244 e. The predicted molar refractivity (Wildman–Crippen MR) is 85.7 cm³/mol. The van der Waals surface area contributed by atoms with Gasteiger partial charge in [-0.1, -0.05) is 0 Å². The first-order chi connectivity index (χ1) is 8.51. The molecule has 1 aromatic rings. The number of piperidine rings is 1. The van der Waals surface area contributed by atoms with Gasteiger partial charge < -0.3 is 10.6 Å². The minimum Gasteiger partial charge on any atom is -0.323 e. The number of carbonyl (C=O) groups is 1. The van der Waals surface area contributed by atoms with E-state index in [4.69, 9.17) is 0 Å². The van der Waals surface area contributed by atoms with E-state index in [2.05, 4.69) is 49.2 Å². The Morgan fingerprint density at radius 2 is 2.28 bits per heavy atom. The van der Waals surface area contributed by atoms with E-state index in [1.807, 2.05) is 25.1 Å². The predicted octanol–water partition coefficient (Wildman–Crippen LogP) is 3.52. The van der Waals surface area contributed by atoms with Gasteiger partial charge in [0.05, 0.1) is 11.2 Å². The first-order valence-electron chi connectivity index (χ1n) is 6.03. The fourth-order valence-electron chi connectivity index (χ4n) is 2.10. The number of hydrogen-bond donors (Lipinski definition) is 2. The highest BCUT2D eigenvalue weighted by Gasteiger charge is 2.34. The Hall–Kier alpha value is -0.140. The quantitative estimate of drug-likeness (QED) is 0.716. The van der Waals surface area contributed by atoms with Crippen molar-refractivity contribution in [2.45, 2.75) is 31.7 Å². The van der Waals surface area contributed by atoms with Gasteiger partial charge in [-0.3, -0.25) is 4.79 Å². The normalized spacial score (nSPS) is 23.7. The maximum absolute atomic E-state index is 12.3. The molecule has 0 saturated carbocycles. The molecular weight excluding hydrogens is 407 g/mol. The van der Waals surface area contributed by atoms with Gasteiger partial charge in [-0.05, 0) is 89.5 Å². The second kappa shape index (κ2) is 5.88. The molecule has 1 atom stereocenters. The van der Waals surface area contributed by atoms with Crippen LogP contribution in [0, 0.1) is 3.57 Å². The third kappa shape index (κ3) is 3.24. The molecule has 5 heteroatoms. The minimum absolute atomic E-state index is 0.0455. The molecule has 1 saturated heterocycles. The van der Waals surface area contributed by atoms with E-state index in [1.54, 1.807) is 0 Å². The molecule has 18 heavy (non-hydrogen) atoms. The number of benzene rings is 1. The fraction of sp³-hybridized carbons (Fsp3) is 0.462. The van der Waals surface area contributed by atoms with Crippen molar-refractivity contribution in [1.29, 1.82) is 0 Å². The standard InChI is InChI=1S/C13H16BrIN2O/c1-13(6-2-3-7-16-13)12(18)17-11-5-4-9(15)8-10(11)14/h4-5,8,16H,2-3,6-7H2,1H3,(H,17,18). The van der Waals surface area contributed by atoms with Gasteiger partial charge in [-0.15, -0.1) is 0 Å². The number of rotatable bonds is 2. The molecule has 0 radical (unpaired) electrons. The Morgan fingerprint density at radius 3 is 2.89 bits per heavy atom. The van der Waals surface area contributed by atoms with Crippen LogP contribution in [0.1, 0.15) is 26.2 Å². The van der Waals surface area contributed by atoms with E-state index in [-0.39, 0.29) is 5.91 Å². The van der Waals surface area contributed by atoms with Crippen molar-refractivity contribution in [3.63, 3.8) is 0 Å². The lowest BCUT2D eigenvalue weighted by molar-refractivity contribution is -0.122. The van der Waals surface area contributed by atoms with Gasteiger partial charge in [-0.2, -0.15) is 0 Å². The van der Waals surface area contributed by atoms with Gasteiger partial charge in [0.2, 0.25) is 5.91 Å². The second-order valence-corrected chi connectivity index (χ2v) is 6.89. The zero-order chi connectivity index (χ0) is 13.2. The molecule has 1 unspecified atom stereocenters. The third-order valence-corrected chi connectivity index (χ3v) is 4.63. The SMILES string of the molecule is CC1(C(=O)Nc2ccc(I)cc2Br)CCCCN1.